The number of H-pyrrole nitrogens is 1. The number of hydrogen-bond acceptors (Lipinski definition) is 5. The van der Waals surface area contributed by atoms with E-state index >= 15 is 0 Å². The third kappa shape index (κ3) is 2.80. The lowest BCUT2D eigenvalue weighted by Crippen LogP contribution is -2.12. The van der Waals surface area contributed by atoms with Crippen LogP contribution in [0.25, 0.3) is 22.2 Å². The maximum absolute atomic E-state index is 12.3. The van der Waals surface area contributed by atoms with Crippen LogP contribution in [0, 0.1) is 0 Å². The predicted molar refractivity (Wildman–Crippen MR) is 92.9 cm³/mol. The van der Waals surface area contributed by atoms with Crippen molar-refractivity contribution in [1.82, 2.24) is 15.2 Å². The maximum Gasteiger partial charge on any atom is 0.371 e. The molecule has 0 saturated heterocycles. The van der Waals surface area contributed by atoms with Gasteiger partial charge in [0.05, 0.1) is 11.1 Å². The fourth-order valence-corrected chi connectivity index (χ4v) is 2.55. The zero-order valence-corrected chi connectivity index (χ0v) is 13.3. The quantitative estimate of drug-likeness (QED) is 0.521. The molecule has 1 amide bonds. The number of fused-ring (bicyclic) bond motifs is 1. The highest BCUT2D eigenvalue weighted by molar-refractivity contribution is 6.08. The van der Waals surface area contributed by atoms with Gasteiger partial charge in [-0.15, -0.1) is 0 Å². The molecule has 0 unspecified atom stereocenters. The van der Waals surface area contributed by atoms with E-state index in [2.05, 4.69) is 20.5 Å². The summed E-state index contributed by atoms with van der Waals surface area (Å²) in [5, 5.41) is 19.4. The Morgan fingerprint density at radius 1 is 1.15 bits per heavy atom. The van der Waals surface area contributed by atoms with E-state index < -0.39 is 5.97 Å². The monoisotopic (exact) mass is 348 g/mol. The molecule has 0 bridgehead atoms. The maximum atomic E-state index is 12.3. The van der Waals surface area contributed by atoms with Gasteiger partial charge in [-0.05, 0) is 42.5 Å². The number of anilines is 1. The normalized spacial score (nSPS) is 10.8. The number of hydrogen-bond donors (Lipinski definition) is 3. The number of nitrogens with one attached hydrogen (secondary N) is 2. The summed E-state index contributed by atoms with van der Waals surface area (Å²) in [5.41, 5.74) is 1.81. The molecule has 0 radical (unpaired) electrons. The molecular formula is C18H12N4O4. The molecule has 128 valence electrons. The Bertz CT molecular complexity index is 1110. The number of nitrogens with zero attached hydrogens (tertiary/aromatic N) is 2. The minimum absolute atomic E-state index is 0.141. The summed E-state index contributed by atoms with van der Waals surface area (Å²) in [6.07, 6.45) is 3.05. The molecule has 0 fully saturated rings. The largest absolute Gasteiger partial charge is 0.475 e. The number of rotatable bonds is 4. The highest BCUT2D eigenvalue weighted by atomic mass is 16.4. The number of aromatic amines is 1. The van der Waals surface area contributed by atoms with Crippen LogP contribution >= 0.6 is 0 Å². The average molecular weight is 348 g/mol. The van der Waals surface area contributed by atoms with Crippen LogP contribution in [0.3, 0.4) is 0 Å². The Balaban J connectivity index is 1.68. The Morgan fingerprint density at radius 3 is 2.77 bits per heavy atom. The summed E-state index contributed by atoms with van der Waals surface area (Å²) in [4.78, 5) is 27.2. The second-order valence-electron chi connectivity index (χ2n) is 5.50. The summed E-state index contributed by atoms with van der Waals surface area (Å²) in [6, 6.07) is 11.6. The lowest BCUT2D eigenvalue weighted by Gasteiger charge is -2.03. The van der Waals surface area contributed by atoms with Crippen molar-refractivity contribution in [1.29, 1.82) is 0 Å². The van der Waals surface area contributed by atoms with Gasteiger partial charge in [0, 0.05) is 23.3 Å². The van der Waals surface area contributed by atoms with Crippen LogP contribution in [-0.2, 0) is 0 Å². The van der Waals surface area contributed by atoms with E-state index in [1.165, 1.54) is 12.3 Å². The molecular weight excluding hydrogens is 336 g/mol. The van der Waals surface area contributed by atoms with Crippen molar-refractivity contribution in [3.8, 4) is 11.3 Å². The number of furan rings is 1. The van der Waals surface area contributed by atoms with Crippen molar-refractivity contribution in [2.24, 2.45) is 0 Å². The van der Waals surface area contributed by atoms with Crippen LogP contribution < -0.4 is 5.32 Å². The number of aromatic nitrogens is 3. The van der Waals surface area contributed by atoms with E-state index in [0.29, 0.717) is 28.1 Å². The van der Waals surface area contributed by atoms with Crippen LogP contribution in [0.1, 0.15) is 20.9 Å². The highest BCUT2D eigenvalue weighted by Crippen LogP contribution is 2.29. The molecule has 0 spiro atoms. The summed E-state index contributed by atoms with van der Waals surface area (Å²) in [5.74, 6) is -0.832. The summed E-state index contributed by atoms with van der Waals surface area (Å²) in [7, 11) is 0. The lowest BCUT2D eigenvalue weighted by atomic mass is 10.1. The van der Waals surface area contributed by atoms with E-state index in [1.807, 2.05) is 0 Å². The molecule has 3 N–H and O–H groups in total. The van der Waals surface area contributed by atoms with Gasteiger partial charge in [-0.1, -0.05) is 0 Å². The predicted octanol–water partition coefficient (Wildman–Crippen LogP) is 3.17. The first-order valence-electron chi connectivity index (χ1n) is 7.65. The van der Waals surface area contributed by atoms with Gasteiger partial charge in [0.15, 0.2) is 5.82 Å². The minimum atomic E-state index is -1.13. The number of carboxylic acid groups (broad SMARTS) is 1. The van der Waals surface area contributed by atoms with Gasteiger partial charge >= 0.3 is 5.97 Å². The molecule has 3 heterocycles. The van der Waals surface area contributed by atoms with Crippen LogP contribution in [0.5, 0.6) is 0 Å². The summed E-state index contributed by atoms with van der Waals surface area (Å²) >= 11 is 0. The molecule has 3 aromatic heterocycles. The van der Waals surface area contributed by atoms with Gasteiger partial charge in [0.25, 0.3) is 5.91 Å². The Morgan fingerprint density at radius 2 is 2.04 bits per heavy atom. The van der Waals surface area contributed by atoms with E-state index in [9.17, 15) is 9.59 Å². The second kappa shape index (κ2) is 6.17. The van der Waals surface area contributed by atoms with Crippen molar-refractivity contribution >= 4 is 28.6 Å². The Kier molecular flexibility index (Phi) is 3.70. The molecule has 26 heavy (non-hydrogen) atoms. The lowest BCUT2D eigenvalue weighted by molar-refractivity contribution is 0.0663. The number of aromatic carboxylic acids is 1. The van der Waals surface area contributed by atoms with Crippen molar-refractivity contribution in [2.75, 3.05) is 5.32 Å². The third-order valence-corrected chi connectivity index (χ3v) is 3.82. The molecule has 8 nitrogen and oxygen atoms in total. The van der Waals surface area contributed by atoms with Crippen molar-refractivity contribution in [2.45, 2.75) is 0 Å². The average Bonchev–Trinajstić information content (AvgIpc) is 3.30. The van der Waals surface area contributed by atoms with E-state index in [1.54, 1.807) is 42.6 Å². The molecule has 0 aliphatic rings. The third-order valence-electron chi connectivity index (χ3n) is 3.82. The standard InChI is InChI=1S/C18H12N4O4/c23-17(11-2-1-7-19-9-11)20-16-12-8-10(3-4-13(12)21-22-16)14-5-6-15(26-14)18(24)25/h1-9H,(H,24,25)(H2,20,21,22,23). The number of carbonyl (C=O) groups excluding carboxylic acids is 1. The van der Waals surface area contributed by atoms with Gasteiger partial charge in [-0.25, -0.2) is 4.79 Å². The van der Waals surface area contributed by atoms with Gasteiger partial charge in [-0.2, -0.15) is 5.10 Å². The topological polar surface area (TPSA) is 121 Å². The first kappa shape index (κ1) is 15.6. The van der Waals surface area contributed by atoms with Crippen LogP contribution in [0.2, 0.25) is 0 Å². The Hall–Kier alpha value is -3.94. The van der Waals surface area contributed by atoms with Crippen molar-refractivity contribution in [3.63, 3.8) is 0 Å². The first-order valence-corrected chi connectivity index (χ1v) is 7.65. The number of carboxylic acids is 1. The van der Waals surface area contributed by atoms with Crippen LogP contribution in [-0.4, -0.2) is 32.2 Å². The minimum Gasteiger partial charge on any atom is -0.475 e. The molecule has 4 rings (SSSR count). The SMILES string of the molecule is O=C(Nc1n[nH]c2ccc(-c3ccc(C(=O)O)o3)cc12)c1cccnc1. The molecule has 1 aromatic carbocycles. The second-order valence-corrected chi connectivity index (χ2v) is 5.50. The van der Waals surface area contributed by atoms with Crippen LogP contribution in [0.15, 0.2) is 59.3 Å². The number of pyridine rings is 1. The van der Waals surface area contributed by atoms with Gasteiger partial charge in [0.1, 0.15) is 5.76 Å². The van der Waals surface area contributed by atoms with Gasteiger partial charge < -0.3 is 14.8 Å². The van der Waals surface area contributed by atoms with E-state index in [-0.39, 0.29) is 11.7 Å². The molecule has 4 aromatic rings. The fourth-order valence-electron chi connectivity index (χ4n) is 2.55. The van der Waals surface area contributed by atoms with Crippen molar-refractivity contribution < 1.29 is 19.1 Å². The van der Waals surface area contributed by atoms with Crippen LogP contribution in [0.4, 0.5) is 5.82 Å². The highest BCUT2D eigenvalue weighted by Gasteiger charge is 2.14. The van der Waals surface area contributed by atoms with E-state index in [4.69, 9.17) is 9.52 Å². The van der Waals surface area contributed by atoms with Crippen molar-refractivity contribution in [3.05, 3.63) is 66.2 Å². The molecule has 0 aliphatic heterocycles. The zero-order valence-electron chi connectivity index (χ0n) is 13.3. The summed E-state index contributed by atoms with van der Waals surface area (Å²) < 4.78 is 5.32. The van der Waals surface area contributed by atoms with Gasteiger partial charge in [0.2, 0.25) is 5.76 Å². The molecule has 8 heteroatoms. The molecule has 0 saturated carbocycles. The first-order chi connectivity index (χ1) is 12.6. The Labute approximate surface area is 146 Å². The number of benzene rings is 1. The molecule has 0 atom stereocenters. The number of amides is 1. The van der Waals surface area contributed by atoms with Gasteiger partial charge in [-0.3, -0.25) is 14.9 Å². The van der Waals surface area contributed by atoms with E-state index in [0.717, 1.165) is 5.52 Å². The summed E-state index contributed by atoms with van der Waals surface area (Å²) in [6.45, 7) is 0. The molecule has 0 aliphatic carbocycles. The zero-order chi connectivity index (χ0) is 18.1. The fraction of sp³-hybridized carbons (Fsp3) is 0. The number of carbonyl (C=O) groups is 2. The smallest absolute Gasteiger partial charge is 0.371 e.